The van der Waals surface area contributed by atoms with Gasteiger partial charge in [-0.05, 0) is 75.2 Å². The molecule has 2 N–H and O–H groups in total. The second-order valence-electron chi connectivity index (χ2n) is 9.21. The fourth-order valence-corrected chi connectivity index (χ4v) is 9.06. The standard InChI is InChI=1S/C21H35BrN2OS/c22-20-12-18-17(5-2-6-19(18)26-20)21(25)24-9-7-15(8-10-24)16-4-1-3-14(11-16)13-23/h14-20H,1-13,23H2. The summed E-state index contributed by atoms with van der Waals surface area (Å²) < 4.78 is 0.568. The first kappa shape index (κ1) is 19.6. The number of hydrogen-bond donors (Lipinski definition) is 1. The van der Waals surface area contributed by atoms with Crippen LogP contribution in [0.15, 0.2) is 0 Å². The summed E-state index contributed by atoms with van der Waals surface area (Å²) in [5.41, 5.74) is 5.93. The molecule has 148 valence electrons. The van der Waals surface area contributed by atoms with Crippen molar-refractivity contribution in [2.45, 2.75) is 73.6 Å². The van der Waals surface area contributed by atoms with Crippen LogP contribution >= 0.6 is 27.7 Å². The fourth-order valence-electron chi connectivity index (χ4n) is 6.28. The average Bonchev–Trinajstić information content (AvgIpc) is 3.07. The second-order valence-corrected chi connectivity index (χ2v) is 12.4. The molecule has 4 rings (SSSR count). The monoisotopic (exact) mass is 442 g/mol. The zero-order valence-corrected chi connectivity index (χ0v) is 18.4. The van der Waals surface area contributed by atoms with E-state index in [0.29, 0.717) is 21.9 Å². The minimum absolute atomic E-state index is 0.302. The van der Waals surface area contributed by atoms with Gasteiger partial charge in [-0.1, -0.05) is 35.2 Å². The van der Waals surface area contributed by atoms with Crippen LogP contribution in [0, 0.1) is 29.6 Å². The molecule has 2 saturated carbocycles. The first-order chi connectivity index (χ1) is 12.7. The van der Waals surface area contributed by atoms with Crippen molar-refractivity contribution >= 4 is 33.6 Å². The van der Waals surface area contributed by atoms with Crippen LogP contribution in [0.1, 0.15) is 64.2 Å². The largest absolute Gasteiger partial charge is 0.342 e. The number of carbonyl (C=O) groups is 1. The van der Waals surface area contributed by atoms with E-state index in [-0.39, 0.29) is 0 Å². The molecule has 0 aromatic rings. The summed E-state index contributed by atoms with van der Waals surface area (Å²) in [6.45, 7) is 2.88. The number of amides is 1. The van der Waals surface area contributed by atoms with Crippen molar-refractivity contribution in [1.82, 2.24) is 4.90 Å². The number of nitrogens with zero attached hydrogens (tertiary/aromatic N) is 1. The highest BCUT2D eigenvalue weighted by molar-refractivity contribution is 9.11. The SMILES string of the molecule is NCC1CCCC(C2CCN(C(=O)C3CCCC4SC(Br)CC43)CC2)C1. The predicted octanol–water partition coefficient (Wildman–Crippen LogP) is 4.63. The van der Waals surface area contributed by atoms with E-state index in [2.05, 4.69) is 32.6 Å². The smallest absolute Gasteiger partial charge is 0.226 e. The lowest BCUT2D eigenvalue weighted by Crippen LogP contribution is -2.46. The van der Waals surface area contributed by atoms with Crippen LogP contribution in [0.5, 0.6) is 0 Å². The lowest BCUT2D eigenvalue weighted by molar-refractivity contribution is -0.140. The van der Waals surface area contributed by atoms with Crippen LogP contribution in [0.3, 0.4) is 0 Å². The number of fused-ring (bicyclic) bond motifs is 1. The van der Waals surface area contributed by atoms with Gasteiger partial charge in [-0.15, -0.1) is 11.8 Å². The maximum Gasteiger partial charge on any atom is 0.226 e. The van der Waals surface area contributed by atoms with Gasteiger partial charge >= 0.3 is 0 Å². The van der Waals surface area contributed by atoms with Gasteiger partial charge in [0.2, 0.25) is 5.91 Å². The maximum atomic E-state index is 13.3. The van der Waals surface area contributed by atoms with E-state index in [1.807, 2.05) is 0 Å². The van der Waals surface area contributed by atoms with Gasteiger partial charge in [0.05, 0.1) is 4.16 Å². The Morgan fingerprint density at radius 3 is 2.54 bits per heavy atom. The average molecular weight is 443 g/mol. The summed E-state index contributed by atoms with van der Waals surface area (Å²) in [6, 6.07) is 0. The molecule has 0 spiro atoms. The van der Waals surface area contributed by atoms with Crippen molar-refractivity contribution < 1.29 is 4.79 Å². The van der Waals surface area contributed by atoms with E-state index in [0.717, 1.165) is 49.1 Å². The molecule has 1 amide bonds. The van der Waals surface area contributed by atoms with Gasteiger partial charge in [0.25, 0.3) is 0 Å². The zero-order chi connectivity index (χ0) is 18.1. The normalized spacial score (nSPS) is 41.8. The Morgan fingerprint density at radius 2 is 1.77 bits per heavy atom. The molecule has 3 nitrogen and oxygen atoms in total. The number of likely N-dealkylation sites (tertiary alicyclic amines) is 1. The molecular formula is C21H35BrN2OS. The Morgan fingerprint density at radius 1 is 1.00 bits per heavy atom. The van der Waals surface area contributed by atoms with Crippen molar-refractivity contribution in [1.29, 1.82) is 0 Å². The van der Waals surface area contributed by atoms with Gasteiger partial charge in [-0.2, -0.15) is 0 Å². The summed E-state index contributed by atoms with van der Waals surface area (Å²) in [5.74, 6) is 3.87. The van der Waals surface area contributed by atoms with E-state index >= 15 is 0 Å². The molecule has 2 heterocycles. The third kappa shape index (κ3) is 4.15. The molecular weight excluding hydrogens is 408 g/mol. The molecule has 2 saturated heterocycles. The maximum absolute atomic E-state index is 13.3. The summed E-state index contributed by atoms with van der Waals surface area (Å²) in [5, 5.41) is 0.718. The molecule has 2 aliphatic heterocycles. The van der Waals surface area contributed by atoms with E-state index in [1.165, 1.54) is 57.8 Å². The number of alkyl halides is 1. The summed E-state index contributed by atoms with van der Waals surface area (Å²) in [7, 11) is 0. The zero-order valence-electron chi connectivity index (χ0n) is 16.0. The highest BCUT2D eigenvalue weighted by Gasteiger charge is 2.45. The molecule has 2 aliphatic carbocycles. The minimum atomic E-state index is 0.302. The molecule has 4 fully saturated rings. The molecule has 0 aromatic carbocycles. The fraction of sp³-hybridized carbons (Fsp3) is 0.952. The van der Waals surface area contributed by atoms with Gasteiger partial charge < -0.3 is 10.6 Å². The van der Waals surface area contributed by atoms with Crippen LogP contribution in [0.25, 0.3) is 0 Å². The summed E-state index contributed by atoms with van der Waals surface area (Å²) in [6.07, 6.45) is 12.7. The van der Waals surface area contributed by atoms with Crippen molar-refractivity contribution in [3.05, 3.63) is 0 Å². The van der Waals surface area contributed by atoms with Crippen molar-refractivity contribution in [3.63, 3.8) is 0 Å². The van der Waals surface area contributed by atoms with Gasteiger partial charge in [0.1, 0.15) is 0 Å². The third-order valence-electron chi connectivity index (χ3n) is 7.77. The van der Waals surface area contributed by atoms with E-state index in [9.17, 15) is 4.79 Å². The Balaban J connectivity index is 1.31. The van der Waals surface area contributed by atoms with E-state index in [1.54, 1.807) is 0 Å². The first-order valence-corrected chi connectivity index (χ1v) is 12.8. The lowest BCUT2D eigenvalue weighted by Gasteiger charge is -2.42. The first-order valence-electron chi connectivity index (χ1n) is 10.9. The van der Waals surface area contributed by atoms with Gasteiger partial charge in [0, 0.05) is 24.3 Å². The van der Waals surface area contributed by atoms with Gasteiger partial charge in [0.15, 0.2) is 0 Å². The van der Waals surface area contributed by atoms with Crippen molar-refractivity contribution in [2.24, 2.45) is 35.3 Å². The lowest BCUT2D eigenvalue weighted by atomic mass is 9.71. The molecule has 0 aromatic heterocycles. The molecule has 0 radical (unpaired) electrons. The van der Waals surface area contributed by atoms with E-state index < -0.39 is 0 Å². The summed E-state index contributed by atoms with van der Waals surface area (Å²) in [4.78, 5) is 15.5. The molecule has 4 aliphatic rings. The van der Waals surface area contributed by atoms with Crippen LogP contribution in [0.2, 0.25) is 0 Å². The minimum Gasteiger partial charge on any atom is -0.342 e. The third-order valence-corrected chi connectivity index (χ3v) is 10.2. The van der Waals surface area contributed by atoms with E-state index in [4.69, 9.17) is 5.73 Å². The number of piperidine rings is 1. The Bertz CT molecular complexity index is 496. The molecule has 0 bridgehead atoms. The van der Waals surface area contributed by atoms with Crippen molar-refractivity contribution in [3.8, 4) is 0 Å². The van der Waals surface area contributed by atoms with Crippen LogP contribution < -0.4 is 5.73 Å². The number of nitrogens with two attached hydrogens (primary N) is 1. The second kappa shape index (κ2) is 8.73. The highest BCUT2D eigenvalue weighted by atomic mass is 79.9. The Hall–Kier alpha value is 0.260. The molecule has 26 heavy (non-hydrogen) atoms. The van der Waals surface area contributed by atoms with Gasteiger partial charge in [-0.3, -0.25) is 4.79 Å². The van der Waals surface area contributed by atoms with Crippen LogP contribution in [0.4, 0.5) is 0 Å². The Labute approximate surface area is 171 Å². The predicted molar refractivity (Wildman–Crippen MR) is 113 cm³/mol. The van der Waals surface area contributed by atoms with Crippen LogP contribution in [-0.2, 0) is 4.79 Å². The number of halogens is 1. The quantitative estimate of drug-likeness (QED) is 0.647. The number of thioether (sulfide) groups is 1. The molecule has 5 heteroatoms. The Kier molecular flexibility index (Phi) is 6.57. The number of rotatable bonds is 3. The van der Waals surface area contributed by atoms with Crippen LogP contribution in [-0.4, -0.2) is 39.9 Å². The van der Waals surface area contributed by atoms with Crippen molar-refractivity contribution in [2.75, 3.05) is 19.6 Å². The molecule has 6 unspecified atom stereocenters. The summed E-state index contributed by atoms with van der Waals surface area (Å²) >= 11 is 5.87. The van der Waals surface area contributed by atoms with Gasteiger partial charge in [-0.25, -0.2) is 0 Å². The topological polar surface area (TPSA) is 46.3 Å². The molecule has 6 atom stereocenters. The highest BCUT2D eigenvalue weighted by Crippen LogP contribution is 2.51. The number of hydrogen-bond acceptors (Lipinski definition) is 3. The number of carbonyl (C=O) groups excluding carboxylic acids is 1.